The fourth-order valence-electron chi connectivity index (χ4n) is 0.939. The number of carbonyl (C=O) groups excluding carboxylic acids is 1. The first-order valence-corrected chi connectivity index (χ1v) is 4.31. The van der Waals surface area contributed by atoms with Crippen molar-refractivity contribution in [3.8, 4) is 0 Å². The maximum Gasteiger partial charge on any atom is 0.333 e. The minimum Gasteiger partial charge on any atom is -0.456 e. The molecule has 0 aliphatic carbocycles. The topological polar surface area (TPSA) is 44.1 Å². The van der Waals surface area contributed by atoms with Gasteiger partial charge in [0.25, 0.3) is 0 Å². The van der Waals surface area contributed by atoms with Crippen LogP contribution in [-0.2, 0) is 23.2 Å². The van der Waals surface area contributed by atoms with Crippen molar-refractivity contribution >= 4 is 5.97 Å². The van der Waals surface area contributed by atoms with Crippen LogP contribution in [-0.4, -0.2) is 15.5 Å². The van der Waals surface area contributed by atoms with E-state index in [4.69, 9.17) is 4.74 Å². The second-order valence-corrected chi connectivity index (χ2v) is 3.24. The van der Waals surface area contributed by atoms with Gasteiger partial charge < -0.3 is 9.30 Å². The van der Waals surface area contributed by atoms with E-state index in [1.807, 2.05) is 18.5 Å². The molecule has 76 valence electrons. The van der Waals surface area contributed by atoms with Crippen molar-refractivity contribution in [1.82, 2.24) is 9.55 Å². The highest BCUT2D eigenvalue weighted by Gasteiger charge is 2.08. The molecule has 1 rings (SSSR count). The van der Waals surface area contributed by atoms with E-state index in [0.717, 1.165) is 11.4 Å². The maximum absolute atomic E-state index is 11.1. The van der Waals surface area contributed by atoms with Crippen molar-refractivity contribution in [3.05, 3.63) is 29.9 Å². The maximum atomic E-state index is 11.1. The number of ether oxygens (including phenoxy) is 1. The zero-order valence-corrected chi connectivity index (χ0v) is 8.70. The van der Waals surface area contributed by atoms with Crippen LogP contribution in [0.3, 0.4) is 0 Å². The van der Waals surface area contributed by atoms with Crippen LogP contribution in [0.25, 0.3) is 0 Å². The molecule has 4 nitrogen and oxygen atoms in total. The first kappa shape index (κ1) is 10.5. The van der Waals surface area contributed by atoms with Gasteiger partial charge in [-0.05, 0) is 13.8 Å². The lowest BCUT2D eigenvalue weighted by Crippen LogP contribution is -2.06. The number of esters is 1. The Bertz CT molecular complexity index is 366. The number of carbonyl (C=O) groups is 1. The fraction of sp³-hybridized carbons (Fsp3) is 0.400. The van der Waals surface area contributed by atoms with Crippen molar-refractivity contribution < 1.29 is 9.53 Å². The van der Waals surface area contributed by atoms with Crippen molar-refractivity contribution in [2.24, 2.45) is 7.05 Å². The Morgan fingerprint density at radius 1 is 1.71 bits per heavy atom. The Morgan fingerprint density at radius 2 is 2.36 bits per heavy atom. The SMILES string of the molecule is C=C(C)C(=O)OCc1ncn(C)c1C. The van der Waals surface area contributed by atoms with Crippen LogP contribution in [0.4, 0.5) is 0 Å². The fourth-order valence-corrected chi connectivity index (χ4v) is 0.939. The van der Waals surface area contributed by atoms with Gasteiger partial charge in [0.05, 0.1) is 12.0 Å². The third-order valence-electron chi connectivity index (χ3n) is 2.02. The van der Waals surface area contributed by atoms with Crippen LogP contribution in [0.5, 0.6) is 0 Å². The van der Waals surface area contributed by atoms with Gasteiger partial charge in [0, 0.05) is 18.3 Å². The minimum atomic E-state index is -0.380. The van der Waals surface area contributed by atoms with E-state index in [-0.39, 0.29) is 12.6 Å². The molecule has 14 heavy (non-hydrogen) atoms. The number of aromatic nitrogens is 2. The number of aryl methyl sites for hydroxylation is 1. The molecule has 1 aromatic rings. The van der Waals surface area contributed by atoms with Gasteiger partial charge in [-0.1, -0.05) is 6.58 Å². The third kappa shape index (κ3) is 2.22. The van der Waals surface area contributed by atoms with E-state index >= 15 is 0 Å². The Kier molecular flexibility index (Phi) is 3.06. The lowest BCUT2D eigenvalue weighted by atomic mass is 10.3. The summed E-state index contributed by atoms with van der Waals surface area (Å²) in [7, 11) is 1.90. The molecule has 0 aromatic carbocycles. The van der Waals surface area contributed by atoms with Gasteiger partial charge in [-0.2, -0.15) is 0 Å². The second kappa shape index (κ2) is 4.09. The summed E-state index contributed by atoms with van der Waals surface area (Å²) in [6, 6.07) is 0. The van der Waals surface area contributed by atoms with Crippen LogP contribution in [0.2, 0.25) is 0 Å². The highest BCUT2D eigenvalue weighted by molar-refractivity contribution is 5.86. The van der Waals surface area contributed by atoms with Crippen molar-refractivity contribution in [3.63, 3.8) is 0 Å². The molecule has 0 atom stereocenters. The van der Waals surface area contributed by atoms with E-state index < -0.39 is 0 Å². The molecule has 0 amide bonds. The van der Waals surface area contributed by atoms with Gasteiger partial charge >= 0.3 is 5.97 Å². The van der Waals surface area contributed by atoms with Crippen LogP contribution < -0.4 is 0 Å². The molecule has 1 aromatic heterocycles. The van der Waals surface area contributed by atoms with E-state index in [1.54, 1.807) is 13.3 Å². The van der Waals surface area contributed by atoms with Gasteiger partial charge in [0.15, 0.2) is 0 Å². The molecule has 1 heterocycles. The quantitative estimate of drug-likeness (QED) is 0.539. The van der Waals surface area contributed by atoms with Gasteiger partial charge in [-0.15, -0.1) is 0 Å². The van der Waals surface area contributed by atoms with E-state index in [1.165, 1.54) is 0 Å². The molecule has 0 radical (unpaired) electrons. The summed E-state index contributed by atoms with van der Waals surface area (Å²) in [5.41, 5.74) is 2.18. The summed E-state index contributed by atoms with van der Waals surface area (Å²) >= 11 is 0. The molecular formula is C10H14N2O2. The third-order valence-corrected chi connectivity index (χ3v) is 2.02. The molecule has 0 aliphatic rings. The Hall–Kier alpha value is -1.58. The monoisotopic (exact) mass is 194 g/mol. The zero-order chi connectivity index (χ0) is 10.7. The Morgan fingerprint density at radius 3 is 2.79 bits per heavy atom. The Labute approximate surface area is 83.2 Å². The largest absolute Gasteiger partial charge is 0.456 e. The van der Waals surface area contributed by atoms with Crippen LogP contribution in [0.15, 0.2) is 18.5 Å². The number of imidazole rings is 1. The van der Waals surface area contributed by atoms with Gasteiger partial charge in [0.2, 0.25) is 0 Å². The normalized spacial score (nSPS) is 9.93. The molecule has 0 N–H and O–H groups in total. The Balaban J connectivity index is 2.58. The lowest BCUT2D eigenvalue weighted by Gasteiger charge is -2.03. The molecule has 0 aliphatic heterocycles. The zero-order valence-electron chi connectivity index (χ0n) is 8.70. The molecule has 0 bridgehead atoms. The molecule has 4 heteroatoms. The average molecular weight is 194 g/mol. The summed E-state index contributed by atoms with van der Waals surface area (Å²) in [5.74, 6) is -0.380. The molecule has 0 unspecified atom stereocenters. The standard InChI is InChI=1S/C10H14N2O2/c1-7(2)10(13)14-5-9-8(3)12(4)6-11-9/h6H,1,5H2,2-4H3. The first-order valence-electron chi connectivity index (χ1n) is 4.31. The van der Waals surface area contributed by atoms with Gasteiger partial charge in [-0.25, -0.2) is 9.78 Å². The second-order valence-electron chi connectivity index (χ2n) is 3.24. The van der Waals surface area contributed by atoms with E-state index in [9.17, 15) is 4.79 Å². The smallest absolute Gasteiger partial charge is 0.333 e. The molecule has 0 saturated heterocycles. The van der Waals surface area contributed by atoms with E-state index in [2.05, 4.69) is 11.6 Å². The highest BCUT2D eigenvalue weighted by atomic mass is 16.5. The predicted molar refractivity (Wildman–Crippen MR) is 52.6 cm³/mol. The number of hydrogen-bond donors (Lipinski definition) is 0. The average Bonchev–Trinajstić information content (AvgIpc) is 2.44. The van der Waals surface area contributed by atoms with Crippen molar-refractivity contribution in [2.45, 2.75) is 20.5 Å². The summed E-state index contributed by atoms with van der Waals surface area (Å²) in [5, 5.41) is 0. The molecule has 0 fully saturated rings. The van der Waals surface area contributed by atoms with Crippen molar-refractivity contribution in [2.75, 3.05) is 0 Å². The molecular weight excluding hydrogens is 180 g/mol. The lowest BCUT2D eigenvalue weighted by molar-refractivity contribution is -0.140. The summed E-state index contributed by atoms with van der Waals surface area (Å²) < 4.78 is 6.85. The van der Waals surface area contributed by atoms with Gasteiger partial charge in [0.1, 0.15) is 6.61 Å². The first-order chi connectivity index (χ1) is 6.52. The minimum absolute atomic E-state index is 0.207. The summed E-state index contributed by atoms with van der Waals surface area (Å²) in [6.07, 6.45) is 1.69. The van der Waals surface area contributed by atoms with Crippen LogP contribution >= 0.6 is 0 Å². The summed E-state index contributed by atoms with van der Waals surface area (Å²) in [4.78, 5) is 15.2. The van der Waals surface area contributed by atoms with Crippen molar-refractivity contribution in [1.29, 1.82) is 0 Å². The number of rotatable bonds is 3. The highest BCUT2D eigenvalue weighted by Crippen LogP contribution is 2.06. The number of nitrogens with zero attached hydrogens (tertiary/aromatic N) is 2. The van der Waals surface area contributed by atoms with E-state index in [0.29, 0.717) is 5.57 Å². The van der Waals surface area contributed by atoms with Crippen LogP contribution in [0, 0.1) is 6.92 Å². The predicted octanol–water partition coefficient (Wildman–Crippen LogP) is 1.35. The molecule has 0 saturated carbocycles. The van der Waals surface area contributed by atoms with Gasteiger partial charge in [-0.3, -0.25) is 0 Å². The number of hydrogen-bond acceptors (Lipinski definition) is 3. The van der Waals surface area contributed by atoms with Crippen LogP contribution in [0.1, 0.15) is 18.3 Å². The molecule has 0 spiro atoms. The summed E-state index contributed by atoms with van der Waals surface area (Å²) in [6.45, 7) is 7.25.